The highest BCUT2D eigenvalue weighted by atomic mass is 35.5. The number of amides is 1. The van der Waals surface area contributed by atoms with Gasteiger partial charge in [0.2, 0.25) is 15.9 Å². The van der Waals surface area contributed by atoms with Crippen molar-refractivity contribution in [3.63, 3.8) is 0 Å². The summed E-state index contributed by atoms with van der Waals surface area (Å²) in [5.74, 6) is -0.111. The van der Waals surface area contributed by atoms with Crippen LogP contribution in [0, 0.1) is 6.92 Å². The van der Waals surface area contributed by atoms with Crippen LogP contribution in [0.15, 0.2) is 47.4 Å². The lowest BCUT2D eigenvalue weighted by molar-refractivity contribution is -0.116. The molecular formula is C22H27ClN2O3S. The average molecular weight is 435 g/mol. The molecule has 1 fully saturated rings. The van der Waals surface area contributed by atoms with Gasteiger partial charge in [0.05, 0.1) is 4.90 Å². The van der Waals surface area contributed by atoms with E-state index in [1.807, 2.05) is 19.1 Å². The predicted octanol–water partition coefficient (Wildman–Crippen LogP) is 4.83. The summed E-state index contributed by atoms with van der Waals surface area (Å²) in [6, 6.07) is 12.2. The number of aryl methyl sites for hydroxylation is 2. The molecule has 1 amide bonds. The highest BCUT2D eigenvalue weighted by Gasteiger charge is 2.21. The lowest BCUT2D eigenvalue weighted by Gasteiger charge is -2.22. The number of nitrogens with one attached hydrogen (secondary N) is 2. The minimum absolute atomic E-state index is 0.0346. The third kappa shape index (κ3) is 6.29. The van der Waals surface area contributed by atoms with Gasteiger partial charge in [-0.2, -0.15) is 0 Å². The molecule has 1 saturated carbocycles. The molecule has 5 nitrogen and oxygen atoms in total. The number of benzene rings is 2. The van der Waals surface area contributed by atoms with Gasteiger partial charge in [0, 0.05) is 23.2 Å². The molecule has 156 valence electrons. The van der Waals surface area contributed by atoms with E-state index in [0.29, 0.717) is 23.6 Å². The summed E-state index contributed by atoms with van der Waals surface area (Å²) >= 11 is 6.08. The number of carbonyl (C=O) groups excluding carboxylic acids is 1. The van der Waals surface area contributed by atoms with Crippen LogP contribution in [0.1, 0.15) is 49.7 Å². The number of rotatable bonds is 7. The Morgan fingerprint density at radius 2 is 1.76 bits per heavy atom. The van der Waals surface area contributed by atoms with Crippen molar-refractivity contribution in [1.29, 1.82) is 0 Å². The second-order valence-corrected chi connectivity index (χ2v) is 9.73. The van der Waals surface area contributed by atoms with Gasteiger partial charge in [-0.1, -0.05) is 49.1 Å². The first-order valence-corrected chi connectivity index (χ1v) is 11.9. The van der Waals surface area contributed by atoms with E-state index in [4.69, 9.17) is 11.6 Å². The first-order valence-electron chi connectivity index (χ1n) is 10.0. The Balaban J connectivity index is 1.53. The van der Waals surface area contributed by atoms with Crippen molar-refractivity contribution >= 4 is 33.2 Å². The maximum Gasteiger partial charge on any atom is 0.240 e. The summed E-state index contributed by atoms with van der Waals surface area (Å²) in [5.41, 5.74) is 2.54. The molecule has 0 aromatic heterocycles. The number of halogens is 1. The molecule has 0 heterocycles. The number of hydrogen-bond donors (Lipinski definition) is 2. The van der Waals surface area contributed by atoms with E-state index in [1.54, 1.807) is 30.3 Å². The van der Waals surface area contributed by atoms with Crippen molar-refractivity contribution < 1.29 is 13.2 Å². The lowest BCUT2D eigenvalue weighted by atomic mass is 9.96. The largest absolute Gasteiger partial charge is 0.326 e. The van der Waals surface area contributed by atoms with Crippen LogP contribution in [0.25, 0.3) is 0 Å². The van der Waals surface area contributed by atoms with Crippen LogP contribution in [-0.2, 0) is 21.2 Å². The van der Waals surface area contributed by atoms with Gasteiger partial charge in [0.15, 0.2) is 0 Å². The summed E-state index contributed by atoms with van der Waals surface area (Å²) in [6.07, 6.45) is 5.96. The Bertz CT molecular complexity index is 953. The van der Waals surface area contributed by atoms with Gasteiger partial charge in [-0.3, -0.25) is 4.79 Å². The molecule has 0 spiro atoms. The van der Waals surface area contributed by atoms with Gasteiger partial charge >= 0.3 is 0 Å². The Kier molecular flexibility index (Phi) is 7.33. The highest BCUT2D eigenvalue weighted by molar-refractivity contribution is 7.89. The fourth-order valence-electron chi connectivity index (χ4n) is 3.50. The van der Waals surface area contributed by atoms with E-state index in [0.717, 1.165) is 36.8 Å². The van der Waals surface area contributed by atoms with Crippen LogP contribution >= 0.6 is 11.6 Å². The average Bonchev–Trinajstić information content (AvgIpc) is 2.70. The lowest BCUT2D eigenvalue weighted by Crippen LogP contribution is -2.36. The van der Waals surface area contributed by atoms with Crippen LogP contribution in [0.5, 0.6) is 0 Å². The molecular weight excluding hydrogens is 408 g/mol. The zero-order chi connectivity index (χ0) is 20.9. The molecule has 2 aromatic rings. The SMILES string of the molecule is Cc1ccc(NC(=O)CCc2ccc(S(=O)(=O)NC3CCCCC3)cc2)cc1Cl. The van der Waals surface area contributed by atoms with E-state index in [1.165, 1.54) is 6.42 Å². The molecule has 0 bridgehead atoms. The standard InChI is InChI=1S/C22H27ClN2O3S/c1-16-7-11-19(15-21(16)23)24-22(26)14-10-17-8-12-20(13-9-17)29(27,28)25-18-5-3-2-4-6-18/h7-9,11-13,15,18,25H,2-6,10,14H2,1H3,(H,24,26). The summed E-state index contributed by atoms with van der Waals surface area (Å²) in [4.78, 5) is 12.4. The first-order chi connectivity index (χ1) is 13.8. The highest BCUT2D eigenvalue weighted by Crippen LogP contribution is 2.21. The fourth-order valence-corrected chi connectivity index (χ4v) is 4.98. The third-order valence-electron chi connectivity index (χ3n) is 5.26. The normalized spacial score (nSPS) is 15.2. The smallest absolute Gasteiger partial charge is 0.240 e. The molecule has 7 heteroatoms. The van der Waals surface area contributed by atoms with E-state index in [2.05, 4.69) is 10.0 Å². The second-order valence-electron chi connectivity index (χ2n) is 7.61. The monoisotopic (exact) mass is 434 g/mol. The van der Waals surface area contributed by atoms with E-state index in [-0.39, 0.29) is 16.8 Å². The zero-order valence-electron chi connectivity index (χ0n) is 16.6. The van der Waals surface area contributed by atoms with Crippen LogP contribution in [0.3, 0.4) is 0 Å². The van der Waals surface area contributed by atoms with E-state index in [9.17, 15) is 13.2 Å². The molecule has 0 saturated heterocycles. The van der Waals surface area contributed by atoms with Crippen LogP contribution in [0.4, 0.5) is 5.69 Å². The summed E-state index contributed by atoms with van der Waals surface area (Å²) in [5, 5.41) is 3.44. The van der Waals surface area contributed by atoms with Gasteiger partial charge < -0.3 is 5.32 Å². The summed E-state index contributed by atoms with van der Waals surface area (Å²) < 4.78 is 27.9. The van der Waals surface area contributed by atoms with Crippen molar-refractivity contribution in [2.45, 2.75) is 62.8 Å². The van der Waals surface area contributed by atoms with Gasteiger partial charge in [-0.15, -0.1) is 0 Å². The topological polar surface area (TPSA) is 75.3 Å². The van der Waals surface area contributed by atoms with Crippen molar-refractivity contribution in [2.75, 3.05) is 5.32 Å². The quantitative estimate of drug-likeness (QED) is 0.655. The van der Waals surface area contributed by atoms with Crippen molar-refractivity contribution in [2.24, 2.45) is 0 Å². The molecule has 0 aliphatic heterocycles. The molecule has 0 unspecified atom stereocenters. The molecule has 0 radical (unpaired) electrons. The first kappa shape index (κ1) is 21.8. The minimum atomic E-state index is -3.50. The summed E-state index contributed by atoms with van der Waals surface area (Å²) in [7, 11) is -3.50. The number of sulfonamides is 1. The second kappa shape index (κ2) is 9.74. The Labute approximate surface area is 177 Å². The number of carbonyl (C=O) groups is 1. The number of hydrogen-bond acceptors (Lipinski definition) is 3. The Hall–Kier alpha value is -1.89. The Morgan fingerprint density at radius 1 is 1.07 bits per heavy atom. The molecule has 29 heavy (non-hydrogen) atoms. The fraction of sp³-hybridized carbons (Fsp3) is 0.409. The minimum Gasteiger partial charge on any atom is -0.326 e. The molecule has 2 N–H and O–H groups in total. The van der Waals surface area contributed by atoms with Crippen molar-refractivity contribution in [3.05, 3.63) is 58.6 Å². The van der Waals surface area contributed by atoms with E-state index < -0.39 is 10.0 Å². The summed E-state index contributed by atoms with van der Waals surface area (Å²) in [6.45, 7) is 1.91. The molecule has 2 aromatic carbocycles. The maximum absolute atomic E-state index is 12.5. The van der Waals surface area contributed by atoms with Crippen LogP contribution in [-0.4, -0.2) is 20.4 Å². The third-order valence-corrected chi connectivity index (χ3v) is 7.20. The predicted molar refractivity (Wildman–Crippen MR) is 117 cm³/mol. The van der Waals surface area contributed by atoms with Gasteiger partial charge in [-0.25, -0.2) is 13.1 Å². The van der Waals surface area contributed by atoms with Gasteiger partial charge in [-0.05, 0) is 61.6 Å². The maximum atomic E-state index is 12.5. The zero-order valence-corrected chi connectivity index (χ0v) is 18.2. The molecule has 1 aliphatic carbocycles. The molecule has 3 rings (SSSR count). The molecule has 0 atom stereocenters. The van der Waals surface area contributed by atoms with Crippen LogP contribution < -0.4 is 10.0 Å². The van der Waals surface area contributed by atoms with Crippen molar-refractivity contribution in [3.8, 4) is 0 Å². The molecule has 1 aliphatic rings. The van der Waals surface area contributed by atoms with Gasteiger partial charge in [0.25, 0.3) is 0 Å². The number of anilines is 1. The van der Waals surface area contributed by atoms with Crippen molar-refractivity contribution in [1.82, 2.24) is 4.72 Å². The van der Waals surface area contributed by atoms with E-state index >= 15 is 0 Å². The van der Waals surface area contributed by atoms with Crippen LogP contribution in [0.2, 0.25) is 5.02 Å². The van der Waals surface area contributed by atoms with Gasteiger partial charge in [0.1, 0.15) is 0 Å². The Morgan fingerprint density at radius 3 is 2.41 bits per heavy atom.